The fraction of sp³-hybridized carbons (Fsp3) is 0.588. The highest BCUT2D eigenvalue weighted by Crippen LogP contribution is 2.25. The van der Waals surface area contributed by atoms with Crippen molar-refractivity contribution in [3.05, 3.63) is 29.9 Å². The number of likely N-dealkylation sites (tertiary alicyclic amines) is 1. The molecule has 0 aliphatic carbocycles. The number of anilines is 1. The van der Waals surface area contributed by atoms with Gasteiger partial charge in [-0.25, -0.2) is 4.79 Å². The molecule has 25 heavy (non-hydrogen) atoms. The van der Waals surface area contributed by atoms with Crippen molar-refractivity contribution < 1.29 is 9.32 Å². The van der Waals surface area contributed by atoms with Crippen molar-refractivity contribution in [2.24, 2.45) is 0 Å². The largest absolute Gasteiger partial charge is 0.361 e. The van der Waals surface area contributed by atoms with Crippen molar-refractivity contribution >= 4 is 11.7 Å². The highest BCUT2D eigenvalue weighted by Gasteiger charge is 2.29. The lowest BCUT2D eigenvalue weighted by Gasteiger charge is -2.15. The normalized spacial score (nSPS) is 21.7. The zero-order valence-electron chi connectivity index (χ0n) is 14.8. The van der Waals surface area contributed by atoms with Crippen LogP contribution in [0.1, 0.15) is 23.9 Å². The minimum absolute atomic E-state index is 0.0509. The van der Waals surface area contributed by atoms with E-state index in [1.165, 1.54) is 0 Å². The van der Waals surface area contributed by atoms with Gasteiger partial charge in [-0.2, -0.15) is 5.10 Å². The predicted molar refractivity (Wildman–Crippen MR) is 92.6 cm³/mol. The summed E-state index contributed by atoms with van der Waals surface area (Å²) in [5.41, 5.74) is 1.82. The van der Waals surface area contributed by atoms with Crippen LogP contribution < -0.4 is 4.90 Å². The maximum absolute atomic E-state index is 12.1. The van der Waals surface area contributed by atoms with Crippen molar-refractivity contribution in [1.29, 1.82) is 0 Å². The molecular formula is C17H24N6O2. The molecule has 0 saturated carbocycles. The molecule has 2 aromatic rings. The summed E-state index contributed by atoms with van der Waals surface area (Å²) >= 11 is 0. The zero-order chi connectivity index (χ0) is 17.4. The van der Waals surface area contributed by atoms with Gasteiger partial charge in [-0.05, 0) is 13.3 Å². The third-order valence-electron chi connectivity index (χ3n) is 5.09. The molecule has 2 amide bonds. The molecule has 2 aromatic heterocycles. The van der Waals surface area contributed by atoms with Gasteiger partial charge in [0.15, 0.2) is 0 Å². The van der Waals surface area contributed by atoms with Gasteiger partial charge in [-0.1, -0.05) is 5.16 Å². The molecule has 0 radical (unpaired) electrons. The summed E-state index contributed by atoms with van der Waals surface area (Å²) in [6.45, 7) is 6.43. The minimum Gasteiger partial charge on any atom is -0.361 e. The molecule has 8 heteroatoms. The van der Waals surface area contributed by atoms with Crippen LogP contribution in [-0.4, -0.2) is 70.5 Å². The SMILES string of the molecule is Cc1cc(CCN2CCC(n3cc(N4CCN(C)C4=O)cn3)C2)on1. The number of urea groups is 1. The molecule has 4 heterocycles. The second-order valence-electron chi connectivity index (χ2n) is 6.96. The van der Waals surface area contributed by atoms with E-state index >= 15 is 0 Å². The number of hydrogen-bond acceptors (Lipinski definition) is 5. The number of nitrogens with zero attached hydrogens (tertiary/aromatic N) is 6. The van der Waals surface area contributed by atoms with Crippen molar-refractivity contribution in [3.8, 4) is 0 Å². The van der Waals surface area contributed by atoms with E-state index in [1.807, 2.05) is 30.9 Å². The molecule has 0 aromatic carbocycles. The molecule has 8 nitrogen and oxygen atoms in total. The van der Waals surface area contributed by atoms with Crippen LogP contribution >= 0.6 is 0 Å². The van der Waals surface area contributed by atoms with E-state index < -0.39 is 0 Å². The number of amides is 2. The Bertz CT molecular complexity index is 754. The van der Waals surface area contributed by atoms with Crippen molar-refractivity contribution in [1.82, 2.24) is 24.7 Å². The average molecular weight is 344 g/mol. The summed E-state index contributed by atoms with van der Waals surface area (Å²) in [7, 11) is 1.83. The Morgan fingerprint density at radius 2 is 2.20 bits per heavy atom. The number of likely N-dealkylation sites (N-methyl/N-ethyl adjacent to an activating group) is 1. The van der Waals surface area contributed by atoms with Crippen LogP contribution in [0, 0.1) is 6.92 Å². The first-order valence-corrected chi connectivity index (χ1v) is 8.81. The van der Waals surface area contributed by atoms with Crippen LogP contribution in [-0.2, 0) is 6.42 Å². The molecule has 2 aliphatic heterocycles. The van der Waals surface area contributed by atoms with Crippen LogP contribution in [0.25, 0.3) is 0 Å². The Morgan fingerprint density at radius 3 is 2.92 bits per heavy atom. The molecule has 4 rings (SSSR count). The number of carbonyl (C=O) groups excluding carboxylic acids is 1. The maximum atomic E-state index is 12.1. The Morgan fingerprint density at radius 1 is 1.32 bits per heavy atom. The number of rotatable bonds is 5. The first kappa shape index (κ1) is 16.1. The van der Waals surface area contributed by atoms with Gasteiger partial charge < -0.3 is 14.3 Å². The van der Waals surface area contributed by atoms with Gasteiger partial charge in [-0.3, -0.25) is 9.58 Å². The number of carbonyl (C=O) groups is 1. The highest BCUT2D eigenvalue weighted by molar-refractivity contribution is 5.93. The third kappa shape index (κ3) is 3.26. The lowest BCUT2D eigenvalue weighted by atomic mass is 10.3. The number of hydrogen-bond donors (Lipinski definition) is 0. The van der Waals surface area contributed by atoms with E-state index in [4.69, 9.17) is 4.52 Å². The fourth-order valence-electron chi connectivity index (χ4n) is 3.59. The van der Waals surface area contributed by atoms with Gasteiger partial charge in [0.05, 0.1) is 23.6 Å². The van der Waals surface area contributed by atoms with Gasteiger partial charge in [0.25, 0.3) is 0 Å². The van der Waals surface area contributed by atoms with E-state index in [1.54, 1.807) is 16.0 Å². The summed E-state index contributed by atoms with van der Waals surface area (Å²) in [6.07, 6.45) is 5.76. The Kier molecular flexibility index (Phi) is 4.20. The van der Waals surface area contributed by atoms with Crippen LogP contribution in [0.3, 0.4) is 0 Å². The molecule has 2 saturated heterocycles. The Balaban J connectivity index is 1.33. The van der Waals surface area contributed by atoms with E-state index in [0.29, 0.717) is 6.04 Å². The van der Waals surface area contributed by atoms with E-state index in [0.717, 1.165) is 62.7 Å². The van der Waals surface area contributed by atoms with Crippen LogP contribution in [0.4, 0.5) is 10.5 Å². The first-order valence-electron chi connectivity index (χ1n) is 8.81. The van der Waals surface area contributed by atoms with E-state index in [2.05, 4.69) is 15.2 Å². The quantitative estimate of drug-likeness (QED) is 0.823. The molecule has 0 bridgehead atoms. The lowest BCUT2D eigenvalue weighted by molar-refractivity contribution is 0.229. The summed E-state index contributed by atoms with van der Waals surface area (Å²) < 4.78 is 7.29. The van der Waals surface area contributed by atoms with Crippen molar-refractivity contribution in [2.75, 3.05) is 44.7 Å². The molecule has 1 atom stereocenters. The first-order chi connectivity index (χ1) is 12.1. The van der Waals surface area contributed by atoms with Gasteiger partial charge in [-0.15, -0.1) is 0 Å². The molecule has 1 unspecified atom stereocenters. The maximum Gasteiger partial charge on any atom is 0.324 e. The molecular weight excluding hydrogens is 320 g/mol. The fourth-order valence-corrected chi connectivity index (χ4v) is 3.59. The zero-order valence-corrected chi connectivity index (χ0v) is 14.8. The van der Waals surface area contributed by atoms with Gasteiger partial charge in [0.1, 0.15) is 5.76 Å². The monoisotopic (exact) mass is 344 g/mol. The molecule has 2 fully saturated rings. The summed E-state index contributed by atoms with van der Waals surface area (Å²) in [6, 6.07) is 2.41. The Hall–Kier alpha value is -2.35. The van der Waals surface area contributed by atoms with Gasteiger partial charge in [0.2, 0.25) is 0 Å². The topological polar surface area (TPSA) is 70.6 Å². The molecule has 0 N–H and O–H groups in total. The minimum atomic E-state index is 0.0509. The lowest BCUT2D eigenvalue weighted by Crippen LogP contribution is -2.28. The number of aromatic nitrogens is 3. The van der Waals surface area contributed by atoms with Crippen LogP contribution in [0.2, 0.25) is 0 Å². The van der Waals surface area contributed by atoms with Gasteiger partial charge in [0, 0.05) is 58.5 Å². The molecule has 0 spiro atoms. The number of aryl methyl sites for hydroxylation is 1. The Labute approximate surface area is 147 Å². The summed E-state index contributed by atoms with van der Waals surface area (Å²) in [5, 5.41) is 8.44. The second-order valence-corrected chi connectivity index (χ2v) is 6.96. The molecule has 2 aliphatic rings. The predicted octanol–water partition coefficient (Wildman–Crippen LogP) is 1.54. The standard InChI is InChI=1S/C17H24N6O2/c1-13-9-16(25-19-13)4-6-21-5-3-14(11-21)23-12-15(10-18-23)22-8-7-20(2)17(22)24/h9-10,12,14H,3-8,11H2,1-2H3. The van der Waals surface area contributed by atoms with Gasteiger partial charge >= 0.3 is 6.03 Å². The van der Waals surface area contributed by atoms with E-state index in [-0.39, 0.29) is 6.03 Å². The van der Waals surface area contributed by atoms with Crippen LogP contribution in [0.5, 0.6) is 0 Å². The van der Waals surface area contributed by atoms with E-state index in [9.17, 15) is 4.79 Å². The van der Waals surface area contributed by atoms with Crippen molar-refractivity contribution in [3.63, 3.8) is 0 Å². The summed E-state index contributed by atoms with van der Waals surface area (Å²) in [5.74, 6) is 0.944. The smallest absolute Gasteiger partial charge is 0.324 e. The highest BCUT2D eigenvalue weighted by atomic mass is 16.5. The van der Waals surface area contributed by atoms with Crippen molar-refractivity contribution in [2.45, 2.75) is 25.8 Å². The summed E-state index contributed by atoms with van der Waals surface area (Å²) in [4.78, 5) is 18.1. The second kappa shape index (κ2) is 6.51. The van der Waals surface area contributed by atoms with Crippen LogP contribution in [0.15, 0.2) is 23.0 Å². The third-order valence-corrected chi connectivity index (χ3v) is 5.09. The average Bonchev–Trinajstić information content (AvgIpc) is 3.35. The molecule has 134 valence electrons.